The number of hydrogen-bond acceptors (Lipinski definition) is 2. The Balaban J connectivity index is 2.03. The van der Waals surface area contributed by atoms with Crippen molar-refractivity contribution in [2.24, 2.45) is 5.41 Å². The van der Waals surface area contributed by atoms with E-state index in [1.807, 2.05) is 0 Å². The lowest BCUT2D eigenvalue weighted by molar-refractivity contribution is -0.125. The third-order valence-electron chi connectivity index (χ3n) is 4.73. The summed E-state index contributed by atoms with van der Waals surface area (Å²) in [5, 5.41) is 0. The van der Waals surface area contributed by atoms with E-state index < -0.39 is 0 Å². The van der Waals surface area contributed by atoms with Gasteiger partial charge in [-0.05, 0) is 43.8 Å². The van der Waals surface area contributed by atoms with Crippen LogP contribution in [0.2, 0.25) is 0 Å². The molecule has 1 heterocycles. The lowest BCUT2D eigenvalue weighted by Gasteiger charge is -2.39. The van der Waals surface area contributed by atoms with Gasteiger partial charge in [-0.2, -0.15) is 0 Å². The molecule has 0 spiro atoms. The Kier molecular flexibility index (Phi) is 2.42. The van der Waals surface area contributed by atoms with Crippen molar-refractivity contribution < 1.29 is 9.53 Å². The molecule has 92 valence electrons. The number of ketones is 1. The van der Waals surface area contributed by atoms with Gasteiger partial charge in [-0.25, -0.2) is 0 Å². The van der Waals surface area contributed by atoms with E-state index in [0.717, 1.165) is 32.1 Å². The number of hydrogen-bond donors (Lipinski definition) is 0. The van der Waals surface area contributed by atoms with Crippen LogP contribution in [0.5, 0.6) is 0 Å². The minimum Gasteiger partial charge on any atom is -0.495 e. The zero-order valence-electron chi connectivity index (χ0n) is 10.7. The molecule has 0 saturated carbocycles. The van der Waals surface area contributed by atoms with Gasteiger partial charge < -0.3 is 4.74 Å². The second kappa shape index (κ2) is 3.72. The van der Waals surface area contributed by atoms with Gasteiger partial charge >= 0.3 is 0 Å². The Labute approximate surface area is 103 Å². The summed E-state index contributed by atoms with van der Waals surface area (Å²) in [6.45, 7) is 4.29. The molecule has 0 saturated heterocycles. The summed E-state index contributed by atoms with van der Waals surface area (Å²) in [5.74, 6) is 1.61. The van der Waals surface area contributed by atoms with E-state index in [1.165, 1.54) is 16.9 Å². The van der Waals surface area contributed by atoms with Gasteiger partial charge in [0.25, 0.3) is 0 Å². The zero-order valence-corrected chi connectivity index (χ0v) is 10.7. The van der Waals surface area contributed by atoms with Crippen molar-refractivity contribution in [3.8, 4) is 0 Å². The maximum absolute atomic E-state index is 12.2. The summed E-state index contributed by atoms with van der Waals surface area (Å²) in [5.41, 5.74) is 2.53. The van der Waals surface area contributed by atoms with Crippen LogP contribution in [0.15, 0.2) is 23.0 Å². The van der Waals surface area contributed by atoms with Crippen molar-refractivity contribution in [2.45, 2.75) is 58.5 Å². The molecule has 2 aliphatic carbocycles. The minimum absolute atomic E-state index is 0.150. The molecule has 3 aliphatic rings. The van der Waals surface area contributed by atoms with Crippen molar-refractivity contribution in [2.75, 3.05) is 0 Å². The fraction of sp³-hybridized carbons (Fsp3) is 0.667. The number of carbonyl (C=O) groups is 1. The van der Waals surface area contributed by atoms with Crippen LogP contribution >= 0.6 is 0 Å². The van der Waals surface area contributed by atoms with Crippen molar-refractivity contribution in [3.05, 3.63) is 23.0 Å². The number of Topliss-reactive ketones (excluding diaryl/α,β-unsaturated/α-hetero) is 1. The monoisotopic (exact) mass is 232 g/mol. The van der Waals surface area contributed by atoms with E-state index in [9.17, 15) is 4.79 Å². The molecule has 0 bridgehead atoms. The molecule has 0 radical (unpaired) electrons. The van der Waals surface area contributed by atoms with E-state index in [-0.39, 0.29) is 5.41 Å². The maximum atomic E-state index is 12.2. The summed E-state index contributed by atoms with van der Waals surface area (Å²) < 4.78 is 5.95. The highest BCUT2D eigenvalue weighted by molar-refractivity contribution is 5.94. The molecule has 0 aromatic carbocycles. The highest BCUT2D eigenvalue weighted by atomic mass is 16.5. The number of carbonyl (C=O) groups excluding carboxylic acids is 1. The molecule has 0 fully saturated rings. The average Bonchev–Trinajstić information content (AvgIpc) is 2.67. The predicted octanol–water partition coefficient (Wildman–Crippen LogP) is 3.53. The Hall–Kier alpha value is -1.05. The van der Waals surface area contributed by atoms with Crippen LogP contribution in [0.25, 0.3) is 0 Å². The first-order valence-electron chi connectivity index (χ1n) is 6.80. The van der Waals surface area contributed by atoms with Gasteiger partial charge in [0.1, 0.15) is 5.78 Å². The normalized spacial score (nSPS) is 36.2. The van der Waals surface area contributed by atoms with E-state index in [4.69, 9.17) is 4.74 Å². The van der Waals surface area contributed by atoms with Gasteiger partial charge in [0.15, 0.2) is 0 Å². The number of ether oxygens (including phenoxy) is 1. The van der Waals surface area contributed by atoms with E-state index in [1.54, 1.807) is 0 Å². The van der Waals surface area contributed by atoms with Crippen LogP contribution in [0, 0.1) is 5.41 Å². The Morgan fingerprint density at radius 3 is 3.06 bits per heavy atom. The predicted molar refractivity (Wildman–Crippen MR) is 66.5 cm³/mol. The van der Waals surface area contributed by atoms with E-state index in [0.29, 0.717) is 18.3 Å². The van der Waals surface area contributed by atoms with Gasteiger partial charge in [-0.1, -0.05) is 13.0 Å². The van der Waals surface area contributed by atoms with Gasteiger partial charge in [-0.3, -0.25) is 4.79 Å². The standard InChI is InChI=1S/C15H20O2/c1-3-15-9-8-13-11(5-4-10(2)17-13)12(15)6-7-14(15)16/h6,10H,3-5,7-9H2,1-2H3. The van der Waals surface area contributed by atoms with Crippen molar-refractivity contribution in [1.29, 1.82) is 0 Å². The van der Waals surface area contributed by atoms with Crippen LogP contribution in [-0.4, -0.2) is 11.9 Å². The molecule has 3 rings (SSSR count). The molecular formula is C15H20O2. The average molecular weight is 232 g/mol. The van der Waals surface area contributed by atoms with Crippen molar-refractivity contribution in [1.82, 2.24) is 0 Å². The third-order valence-corrected chi connectivity index (χ3v) is 4.73. The van der Waals surface area contributed by atoms with Gasteiger partial charge in [-0.15, -0.1) is 0 Å². The molecule has 17 heavy (non-hydrogen) atoms. The smallest absolute Gasteiger partial charge is 0.147 e. The minimum atomic E-state index is -0.150. The molecule has 2 atom stereocenters. The Morgan fingerprint density at radius 1 is 1.47 bits per heavy atom. The van der Waals surface area contributed by atoms with Crippen LogP contribution in [0.1, 0.15) is 52.4 Å². The first-order chi connectivity index (χ1) is 8.17. The van der Waals surface area contributed by atoms with Gasteiger partial charge in [0.2, 0.25) is 0 Å². The number of fused-ring (bicyclic) bond motifs is 2. The van der Waals surface area contributed by atoms with E-state index >= 15 is 0 Å². The van der Waals surface area contributed by atoms with Crippen molar-refractivity contribution >= 4 is 5.78 Å². The Morgan fingerprint density at radius 2 is 2.29 bits per heavy atom. The second-order valence-electron chi connectivity index (χ2n) is 5.55. The summed E-state index contributed by atoms with van der Waals surface area (Å²) in [6.07, 6.45) is 8.19. The molecule has 0 amide bonds. The van der Waals surface area contributed by atoms with Crippen LogP contribution in [0.3, 0.4) is 0 Å². The van der Waals surface area contributed by atoms with Gasteiger partial charge in [0.05, 0.1) is 17.3 Å². The first-order valence-corrected chi connectivity index (χ1v) is 6.80. The lowest BCUT2D eigenvalue weighted by atomic mass is 9.67. The fourth-order valence-electron chi connectivity index (χ4n) is 3.67. The highest BCUT2D eigenvalue weighted by Gasteiger charge is 2.48. The summed E-state index contributed by atoms with van der Waals surface area (Å²) >= 11 is 0. The first kappa shape index (κ1) is 11.1. The number of rotatable bonds is 1. The largest absolute Gasteiger partial charge is 0.495 e. The van der Waals surface area contributed by atoms with Crippen LogP contribution in [-0.2, 0) is 9.53 Å². The molecule has 2 unspecified atom stereocenters. The molecule has 1 aliphatic heterocycles. The summed E-state index contributed by atoms with van der Waals surface area (Å²) in [4.78, 5) is 12.2. The zero-order chi connectivity index (χ0) is 12.0. The van der Waals surface area contributed by atoms with Gasteiger partial charge in [0, 0.05) is 12.8 Å². The molecule has 2 nitrogen and oxygen atoms in total. The quantitative estimate of drug-likeness (QED) is 0.691. The van der Waals surface area contributed by atoms with E-state index in [2.05, 4.69) is 19.9 Å². The summed E-state index contributed by atoms with van der Waals surface area (Å²) in [7, 11) is 0. The summed E-state index contributed by atoms with van der Waals surface area (Å²) in [6, 6.07) is 0. The molecule has 2 heteroatoms. The lowest BCUT2D eigenvalue weighted by Crippen LogP contribution is -2.34. The van der Waals surface area contributed by atoms with Crippen molar-refractivity contribution in [3.63, 3.8) is 0 Å². The SMILES string of the molecule is CCC12CCC3=C(CCC(C)O3)C1=CCC2=O. The molecule has 0 N–H and O–H groups in total. The topological polar surface area (TPSA) is 26.3 Å². The highest BCUT2D eigenvalue weighted by Crippen LogP contribution is 2.53. The molecule has 0 aromatic rings. The molecular weight excluding hydrogens is 212 g/mol. The molecule has 0 aromatic heterocycles. The number of allylic oxidation sites excluding steroid dienone is 4. The second-order valence-corrected chi connectivity index (χ2v) is 5.55. The Bertz CT molecular complexity index is 430. The van der Waals surface area contributed by atoms with Crippen LogP contribution in [0.4, 0.5) is 0 Å². The van der Waals surface area contributed by atoms with Crippen LogP contribution < -0.4 is 0 Å². The third kappa shape index (κ3) is 1.42. The maximum Gasteiger partial charge on any atom is 0.147 e. The fourth-order valence-corrected chi connectivity index (χ4v) is 3.67.